The minimum Gasteiger partial charge on any atom is -0.356 e. The number of aliphatic imine (C=N–C) groups is 1. The Morgan fingerprint density at radius 3 is 2.32 bits per heavy atom. The van der Waals surface area contributed by atoms with Crippen LogP contribution in [0.1, 0.15) is 12.5 Å². The zero-order chi connectivity index (χ0) is 15.7. The van der Waals surface area contributed by atoms with E-state index in [-0.39, 0.29) is 41.3 Å². The second kappa shape index (κ2) is 10.8. The van der Waals surface area contributed by atoms with Gasteiger partial charge in [0.25, 0.3) is 0 Å². The summed E-state index contributed by atoms with van der Waals surface area (Å²) in [5.74, 6) is 0.540. The van der Waals surface area contributed by atoms with Gasteiger partial charge in [0.15, 0.2) is 15.8 Å². The number of halogens is 2. The van der Waals surface area contributed by atoms with Gasteiger partial charge in [-0.3, -0.25) is 4.99 Å². The molecule has 0 aliphatic carbocycles. The fraction of sp³-hybridized carbons (Fsp3) is 0.500. The third-order valence-corrected chi connectivity index (χ3v) is 4.69. The summed E-state index contributed by atoms with van der Waals surface area (Å²) in [7, 11) is -1.35. The lowest BCUT2D eigenvalue weighted by molar-refractivity contribution is 0.595. The summed E-state index contributed by atoms with van der Waals surface area (Å²) in [5, 5.41) is 6.04. The van der Waals surface area contributed by atoms with Crippen LogP contribution in [-0.2, 0) is 16.3 Å². The lowest BCUT2D eigenvalue weighted by atomic mass is 10.1. The van der Waals surface area contributed by atoms with Gasteiger partial charge in [-0.15, -0.1) is 24.0 Å². The maximum Gasteiger partial charge on any atom is 0.191 e. The van der Waals surface area contributed by atoms with Crippen LogP contribution in [0.15, 0.2) is 29.3 Å². The second-order valence-electron chi connectivity index (χ2n) is 4.54. The predicted octanol–water partition coefficient (Wildman–Crippen LogP) is 1.59. The first-order valence-corrected chi connectivity index (χ1v) is 8.68. The summed E-state index contributed by atoms with van der Waals surface area (Å²) in [6.07, 6.45) is 0.730. The van der Waals surface area contributed by atoms with Gasteiger partial charge in [0.05, 0.1) is 5.75 Å². The fourth-order valence-electron chi connectivity index (χ4n) is 1.67. The molecule has 8 heteroatoms. The molecule has 22 heavy (non-hydrogen) atoms. The molecule has 1 aromatic rings. The van der Waals surface area contributed by atoms with Crippen molar-refractivity contribution >= 4 is 39.8 Å². The molecule has 0 heterocycles. The molecule has 0 fully saturated rings. The molecule has 0 bridgehead atoms. The first-order chi connectivity index (χ1) is 9.96. The molecular weight excluding hydrogens is 420 g/mol. The highest BCUT2D eigenvalue weighted by Crippen LogP contribution is 2.02. The molecule has 126 valence electrons. The minimum atomic E-state index is -2.97. The van der Waals surface area contributed by atoms with Gasteiger partial charge in [-0.25, -0.2) is 12.8 Å². The van der Waals surface area contributed by atoms with Gasteiger partial charge in [0, 0.05) is 25.9 Å². The van der Waals surface area contributed by atoms with Gasteiger partial charge < -0.3 is 10.6 Å². The minimum absolute atomic E-state index is 0. The van der Waals surface area contributed by atoms with E-state index in [0.29, 0.717) is 19.0 Å². The van der Waals surface area contributed by atoms with E-state index in [9.17, 15) is 12.8 Å². The Balaban J connectivity index is 0.00000441. The Kier molecular flexibility index (Phi) is 10.3. The Morgan fingerprint density at radius 2 is 1.77 bits per heavy atom. The molecule has 1 rings (SSSR count). The smallest absolute Gasteiger partial charge is 0.191 e. The maximum atomic E-state index is 12.8. The number of rotatable bonds is 7. The number of hydrogen-bond donors (Lipinski definition) is 2. The highest BCUT2D eigenvalue weighted by atomic mass is 127. The molecule has 0 amide bonds. The third-order valence-electron chi connectivity index (χ3n) is 2.99. The molecule has 0 aliphatic rings. The fourth-order valence-corrected chi connectivity index (χ4v) is 2.37. The van der Waals surface area contributed by atoms with Crippen molar-refractivity contribution in [2.24, 2.45) is 4.99 Å². The van der Waals surface area contributed by atoms with E-state index in [1.807, 2.05) is 0 Å². The summed E-state index contributed by atoms with van der Waals surface area (Å²) in [6.45, 7) is 2.59. The van der Waals surface area contributed by atoms with Crippen LogP contribution in [0.2, 0.25) is 0 Å². The number of sulfone groups is 1. The van der Waals surface area contributed by atoms with Crippen molar-refractivity contribution in [2.45, 2.75) is 13.3 Å². The van der Waals surface area contributed by atoms with Crippen molar-refractivity contribution in [3.63, 3.8) is 0 Å². The van der Waals surface area contributed by atoms with Crippen molar-refractivity contribution in [1.82, 2.24) is 10.6 Å². The normalized spacial score (nSPS) is 11.7. The summed E-state index contributed by atoms with van der Waals surface area (Å²) < 4.78 is 35.5. The topological polar surface area (TPSA) is 70.6 Å². The largest absolute Gasteiger partial charge is 0.356 e. The number of hydrogen-bond acceptors (Lipinski definition) is 3. The average Bonchev–Trinajstić information content (AvgIpc) is 2.47. The van der Waals surface area contributed by atoms with Crippen LogP contribution >= 0.6 is 24.0 Å². The first-order valence-electron chi connectivity index (χ1n) is 6.86. The van der Waals surface area contributed by atoms with Crippen molar-refractivity contribution in [3.8, 4) is 0 Å². The first kappa shape index (κ1) is 21.1. The molecule has 5 nitrogen and oxygen atoms in total. The lowest BCUT2D eigenvalue weighted by Crippen LogP contribution is -2.40. The third kappa shape index (κ3) is 8.52. The van der Waals surface area contributed by atoms with Crippen LogP contribution < -0.4 is 10.6 Å². The molecule has 0 saturated carbocycles. The van der Waals surface area contributed by atoms with Crippen molar-refractivity contribution < 1.29 is 12.8 Å². The van der Waals surface area contributed by atoms with Crippen LogP contribution in [0.5, 0.6) is 0 Å². The zero-order valence-electron chi connectivity index (χ0n) is 12.8. The molecular formula is C14H23FIN3O2S. The Hall–Kier alpha value is -0.900. The molecule has 2 N–H and O–H groups in total. The average molecular weight is 443 g/mol. The highest BCUT2D eigenvalue weighted by Gasteiger charge is 2.07. The van der Waals surface area contributed by atoms with E-state index in [2.05, 4.69) is 15.6 Å². The highest BCUT2D eigenvalue weighted by molar-refractivity contribution is 14.0. The van der Waals surface area contributed by atoms with Crippen molar-refractivity contribution in [1.29, 1.82) is 0 Å². The Bertz CT molecular complexity index is 562. The number of nitrogens with zero attached hydrogens (tertiary/aromatic N) is 1. The van der Waals surface area contributed by atoms with Crippen LogP contribution in [0.3, 0.4) is 0 Å². The number of benzene rings is 1. The van der Waals surface area contributed by atoms with Crippen LogP contribution in [-0.4, -0.2) is 46.0 Å². The molecule has 1 aromatic carbocycles. The molecule has 0 aromatic heterocycles. The van der Waals surface area contributed by atoms with E-state index in [1.165, 1.54) is 12.1 Å². The molecule has 0 radical (unpaired) electrons. The van der Waals surface area contributed by atoms with E-state index >= 15 is 0 Å². The quantitative estimate of drug-likeness (QED) is 0.382. The SMILES string of the molecule is CCS(=O)(=O)CCNC(=NC)NCCc1ccc(F)cc1.I. The second-order valence-corrected chi connectivity index (χ2v) is 7.01. The van der Waals surface area contributed by atoms with Crippen molar-refractivity contribution in [2.75, 3.05) is 31.6 Å². The van der Waals surface area contributed by atoms with E-state index < -0.39 is 9.84 Å². The molecule has 0 aliphatic heterocycles. The van der Waals surface area contributed by atoms with Gasteiger partial charge in [0.1, 0.15) is 5.82 Å². The lowest BCUT2D eigenvalue weighted by Gasteiger charge is -2.11. The van der Waals surface area contributed by atoms with Crippen LogP contribution in [0, 0.1) is 5.82 Å². The molecule has 0 atom stereocenters. The molecule has 0 saturated heterocycles. The summed E-state index contributed by atoms with van der Waals surface area (Å²) in [6, 6.07) is 6.33. The monoisotopic (exact) mass is 443 g/mol. The van der Waals surface area contributed by atoms with Gasteiger partial charge >= 0.3 is 0 Å². The Labute approximate surface area is 148 Å². The van der Waals surface area contributed by atoms with Gasteiger partial charge in [-0.2, -0.15) is 0 Å². The van der Waals surface area contributed by atoms with E-state index in [4.69, 9.17) is 0 Å². The van der Waals surface area contributed by atoms with Gasteiger partial charge in [0.2, 0.25) is 0 Å². The number of nitrogens with one attached hydrogen (secondary N) is 2. The summed E-state index contributed by atoms with van der Waals surface area (Å²) >= 11 is 0. The van der Waals surface area contributed by atoms with E-state index in [0.717, 1.165) is 12.0 Å². The van der Waals surface area contributed by atoms with Crippen LogP contribution in [0.4, 0.5) is 4.39 Å². The summed E-state index contributed by atoms with van der Waals surface area (Å²) in [4.78, 5) is 4.02. The Morgan fingerprint density at radius 1 is 1.18 bits per heavy atom. The predicted molar refractivity (Wildman–Crippen MR) is 99.2 cm³/mol. The van der Waals surface area contributed by atoms with Gasteiger partial charge in [-0.1, -0.05) is 19.1 Å². The summed E-state index contributed by atoms with van der Waals surface area (Å²) in [5.41, 5.74) is 1.02. The molecule has 0 spiro atoms. The molecule has 0 unspecified atom stereocenters. The van der Waals surface area contributed by atoms with Crippen LogP contribution in [0.25, 0.3) is 0 Å². The maximum absolute atomic E-state index is 12.8. The van der Waals surface area contributed by atoms with Gasteiger partial charge in [-0.05, 0) is 24.1 Å². The zero-order valence-corrected chi connectivity index (χ0v) is 15.9. The standard InChI is InChI=1S/C14H22FN3O2S.HI/c1-3-21(19,20)11-10-18-14(16-2)17-9-8-12-4-6-13(15)7-5-12;/h4-7H,3,8-11H2,1-2H3,(H2,16,17,18);1H. The van der Waals surface area contributed by atoms with Crippen molar-refractivity contribution in [3.05, 3.63) is 35.6 Å². The van der Waals surface area contributed by atoms with E-state index in [1.54, 1.807) is 26.1 Å². The number of guanidine groups is 1.